The van der Waals surface area contributed by atoms with Gasteiger partial charge in [-0.3, -0.25) is 0 Å². The van der Waals surface area contributed by atoms with Gasteiger partial charge in [-0.25, -0.2) is 0 Å². The second-order valence-electron chi connectivity index (χ2n) is 16.5. The van der Waals surface area contributed by atoms with E-state index in [0.29, 0.717) is 0 Å². The van der Waals surface area contributed by atoms with Gasteiger partial charge >= 0.3 is 6.92 Å². The maximum atomic E-state index is 7.21. The van der Waals surface area contributed by atoms with Crippen LogP contribution in [0.3, 0.4) is 0 Å². The lowest BCUT2D eigenvalue weighted by Gasteiger charge is -2.38. The highest BCUT2D eigenvalue weighted by atomic mass is 32.2. The summed E-state index contributed by atoms with van der Waals surface area (Å²) in [4.78, 5) is 5.74. The van der Waals surface area contributed by atoms with Crippen molar-refractivity contribution in [1.29, 1.82) is 0 Å². The first-order valence-corrected chi connectivity index (χ1v) is 22.5. The summed E-state index contributed by atoms with van der Waals surface area (Å²) in [6, 6.07) is 65.8. The van der Waals surface area contributed by atoms with E-state index in [4.69, 9.17) is 20.7 Å². The molecule has 0 amide bonds. The standard InChI is InChI=1S/C56H40B2N2O3S/c1-36(59(39-20-8-4-9-21-39)40-22-10-5-11-23-40)32-46-44-28-16-18-30-50(44)63-57-48-35-49-56(37(2)55(48)61-38(3)53(46)57)62-51-34-43(33-47-45-29-17-19-31-52(45)64-58(49)54(47)51)60(41-24-12-6-13-25-41)42-26-14-7-15-27-42/h4-35H,1H2,2-3H3/b46-32-. The molecule has 0 bridgehead atoms. The van der Waals surface area contributed by atoms with Gasteiger partial charge in [0, 0.05) is 61.5 Å². The molecule has 0 N–H and O–H groups in total. The van der Waals surface area contributed by atoms with Crippen LogP contribution >= 0.6 is 11.6 Å². The predicted molar refractivity (Wildman–Crippen MR) is 267 cm³/mol. The minimum absolute atomic E-state index is 0.0324. The molecule has 0 fully saturated rings. The van der Waals surface area contributed by atoms with E-state index >= 15 is 0 Å². The van der Waals surface area contributed by atoms with Crippen LogP contribution in [0.25, 0.3) is 16.7 Å². The fourth-order valence-corrected chi connectivity index (χ4v) is 11.2. The number of allylic oxidation sites excluding steroid dienone is 4. The molecule has 0 atom stereocenters. The van der Waals surface area contributed by atoms with Crippen molar-refractivity contribution < 1.29 is 14.1 Å². The minimum atomic E-state index is -0.432. The van der Waals surface area contributed by atoms with Crippen molar-refractivity contribution in [3.63, 3.8) is 0 Å². The lowest BCUT2D eigenvalue weighted by atomic mass is 9.47. The van der Waals surface area contributed by atoms with Crippen molar-refractivity contribution in [1.82, 2.24) is 0 Å². The first-order valence-electron chi connectivity index (χ1n) is 21.7. The van der Waals surface area contributed by atoms with Gasteiger partial charge in [-0.1, -0.05) is 122 Å². The molecule has 12 rings (SSSR count). The van der Waals surface area contributed by atoms with Gasteiger partial charge < -0.3 is 23.9 Å². The topological polar surface area (TPSA) is 34.2 Å². The zero-order valence-corrected chi connectivity index (χ0v) is 36.2. The Balaban J connectivity index is 1.01. The third-order valence-electron chi connectivity index (χ3n) is 12.6. The fourth-order valence-electron chi connectivity index (χ4n) is 9.81. The maximum Gasteiger partial charge on any atom is 0.434 e. The zero-order chi connectivity index (χ0) is 42.9. The van der Waals surface area contributed by atoms with E-state index < -0.39 is 6.92 Å². The smallest absolute Gasteiger partial charge is 0.434 e. The van der Waals surface area contributed by atoms with Crippen LogP contribution in [0.15, 0.2) is 223 Å². The summed E-state index contributed by atoms with van der Waals surface area (Å²) in [5, 5.41) is 0. The van der Waals surface area contributed by atoms with Crippen LogP contribution < -0.4 is 40.3 Å². The van der Waals surface area contributed by atoms with E-state index in [1.165, 1.54) is 21.5 Å². The highest BCUT2D eigenvalue weighted by Crippen LogP contribution is 2.50. The summed E-state index contributed by atoms with van der Waals surface area (Å²) in [5.41, 5.74) is 15.6. The summed E-state index contributed by atoms with van der Waals surface area (Å²) >= 11 is 1.88. The fraction of sp³-hybridized carbons (Fsp3) is 0.0357. The lowest BCUT2D eigenvalue weighted by Crippen LogP contribution is -2.52. The Labute approximate surface area is 378 Å². The summed E-state index contributed by atoms with van der Waals surface area (Å²) in [7, 11) is 0. The second kappa shape index (κ2) is 15.4. The molecule has 0 spiro atoms. The van der Waals surface area contributed by atoms with E-state index in [1.54, 1.807) is 0 Å². The second-order valence-corrected chi connectivity index (χ2v) is 17.6. The molecule has 0 unspecified atom stereocenters. The molecule has 4 aliphatic heterocycles. The molecular formula is C56H40B2N2O3S. The molecule has 0 radical (unpaired) electrons. The molecule has 0 saturated heterocycles. The van der Waals surface area contributed by atoms with Gasteiger partial charge in [-0.05, 0) is 114 Å². The van der Waals surface area contributed by atoms with Crippen LogP contribution in [0.5, 0.6) is 23.0 Å². The van der Waals surface area contributed by atoms with Crippen molar-refractivity contribution in [2.75, 3.05) is 9.80 Å². The summed E-state index contributed by atoms with van der Waals surface area (Å²) in [6.45, 7) is 8.45. The minimum Gasteiger partial charge on any atom is -0.551 e. The predicted octanol–water partition coefficient (Wildman–Crippen LogP) is 12.7. The van der Waals surface area contributed by atoms with Gasteiger partial charge in [-0.15, -0.1) is 0 Å². The molecule has 8 aromatic rings. The molecule has 5 nitrogen and oxygen atoms in total. The molecule has 304 valence electrons. The van der Waals surface area contributed by atoms with Crippen LogP contribution in [0.2, 0.25) is 0 Å². The first kappa shape index (κ1) is 38.2. The van der Waals surface area contributed by atoms with E-state index in [9.17, 15) is 0 Å². The third-order valence-corrected chi connectivity index (χ3v) is 14.0. The number of rotatable bonds is 7. The molecule has 64 heavy (non-hydrogen) atoms. The molecule has 0 saturated carbocycles. The molecular weight excluding hydrogens is 802 g/mol. The van der Waals surface area contributed by atoms with Crippen LogP contribution in [0.4, 0.5) is 28.4 Å². The third kappa shape index (κ3) is 6.20. The number of hydrogen-bond acceptors (Lipinski definition) is 6. The number of hydrogen-bond donors (Lipinski definition) is 0. The number of anilines is 5. The van der Waals surface area contributed by atoms with Gasteiger partial charge in [-0.2, -0.15) is 11.6 Å². The number of nitrogens with zero attached hydrogens (tertiary/aromatic N) is 2. The number of ether oxygens (including phenoxy) is 2. The molecule has 0 aromatic heterocycles. The van der Waals surface area contributed by atoms with Crippen molar-refractivity contribution in [2.24, 2.45) is 0 Å². The average Bonchev–Trinajstić information content (AvgIpc) is 3.34. The monoisotopic (exact) mass is 842 g/mol. The van der Waals surface area contributed by atoms with Crippen molar-refractivity contribution >= 4 is 74.9 Å². The normalized spacial score (nSPS) is 14.4. The Hall–Kier alpha value is -7.54. The molecule has 8 heteroatoms. The van der Waals surface area contributed by atoms with E-state index in [-0.39, 0.29) is 5.99 Å². The summed E-state index contributed by atoms with van der Waals surface area (Å²) < 4.78 is 21.3. The number of benzene rings is 8. The molecule has 0 aliphatic carbocycles. The van der Waals surface area contributed by atoms with Crippen molar-refractivity contribution in [3.05, 3.63) is 229 Å². The maximum absolute atomic E-state index is 7.21. The van der Waals surface area contributed by atoms with Crippen LogP contribution in [0, 0.1) is 6.92 Å². The van der Waals surface area contributed by atoms with Gasteiger partial charge in [0.2, 0.25) is 0 Å². The van der Waals surface area contributed by atoms with Gasteiger partial charge in [0.1, 0.15) is 28.8 Å². The van der Waals surface area contributed by atoms with Crippen molar-refractivity contribution in [3.8, 4) is 34.1 Å². The van der Waals surface area contributed by atoms with Crippen LogP contribution in [0.1, 0.15) is 18.1 Å². The largest absolute Gasteiger partial charge is 0.551 e. The van der Waals surface area contributed by atoms with E-state index in [1.807, 2.05) is 29.8 Å². The number of para-hydroxylation sites is 5. The molecule has 4 heterocycles. The molecule has 4 aliphatic rings. The zero-order valence-electron chi connectivity index (χ0n) is 35.4. The Morgan fingerprint density at radius 3 is 1.77 bits per heavy atom. The highest BCUT2D eigenvalue weighted by molar-refractivity contribution is 8.28. The average molecular weight is 843 g/mol. The van der Waals surface area contributed by atoms with Crippen LogP contribution in [-0.4, -0.2) is 12.9 Å². The SMILES string of the molecule is C=C(/C=C1\C2=C(C)Oc3c(cc4c(c3C)Oc3cc(N(c5ccccc5)c5ccccc5)cc5c3B4Sc3ccccc3-5)B2Oc2ccccc21)N(c1ccccc1)c1ccccc1. The van der Waals surface area contributed by atoms with E-state index in [2.05, 4.69) is 200 Å². The Kier molecular flexibility index (Phi) is 9.16. The van der Waals surface area contributed by atoms with Crippen LogP contribution in [-0.2, 0) is 0 Å². The Morgan fingerprint density at radius 1 is 0.547 bits per heavy atom. The van der Waals surface area contributed by atoms with Gasteiger partial charge in [0.05, 0.1) is 5.69 Å². The summed E-state index contributed by atoms with van der Waals surface area (Å²) in [5.74, 6) is 4.02. The first-order chi connectivity index (χ1) is 31.5. The van der Waals surface area contributed by atoms with Crippen molar-refractivity contribution in [2.45, 2.75) is 18.7 Å². The summed E-state index contributed by atoms with van der Waals surface area (Å²) in [6.07, 6.45) is 2.19. The lowest BCUT2D eigenvalue weighted by molar-refractivity contribution is 0.411. The highest BCUT2D eigenvalue weighted by Gasteiger charge is 2.47. The van der Waals surface area contributed by atoms with Gasteiger partial charge in [0.25, 0.3) is 5.99 Å². The Bertz CT molecular complexity index is 3150. The van der Waals surface area contributed by atoms with E-state index in [0.717, 1.165) is 96.0 Å². The molecule has 8 aromatic carbocycles. The number of fused-ring (bicyclic) bond motifs is 8. The Morgan fingerprint density at radius 2 is 1.11 bits per heavy atom. The van der Waals surface area contributed by atoms with Gasteiger partial charge in [0.15, 0.2) is 0 Å². The quantitative estimate of drug-likeness (QED) is 0.149.